The zero-order valence-electron chi connectivity index (χ0n) is 8.52. The Labute approximate surface area is 93.7 Å². The molecule has 0 fully saturated rings. The average molecular weight is 259 g/mol. The molecular weight excluding hydrogens is 243 g/mol. The lowest BCUT2D eigenvalue weighted by Gasteiger charge is -2.03. The van der Waals surface area contributed by atoms with Crippen LogP contribution in [-0.4, -0.2) is 0 Å². The minimum absolute atomic E-state index is 0.0935. The van der Waals surface area contributed by atoms with Gasteiger partial charge in [0.25, 0.3) is 0 Å². The maximum Gasteiger partial charge on any atom is 0.140 e. The van der Waals surface area contributed by atoms with E-state index in [1.807, 2.05) is 12.1 Å². The van der Waals surface area contributed by atoms with E-state index in [4.69, 9.17) is 0 Å². The number of unbranched alkanes of at least 4 members (excludes halogenated alkanes) is 3. The van der Waals surface area contributed by atoms with E-state index in [2.05, 4.69) is 22.9 Å². The molecule has 1 aromatic rings. The molecule has 0 atom stereocenters. The van der Waals surface area contributed by atoms with Crippen LogP contribution >= 0.6 is 15.9 Å². The maximum atomic E-state index is 13.5. The molecule has 0 N–H and O–H groups in total. The SMILES string of the molecule is CCCCCCc1cccc(Br)c1F. The van der Waals surface area contributed by atoms with E-state index in [0.717, 1.165) is 18.4 Å². The first-order valence-corrected chi connectivity index (χ1v) is 5.98. The first-order valence-electron chi connectivity index (χ1n) is 5.18. The normalized spacial score (nSPS) is 10.5. The first kappa shape index (κ1) is 11.7. The van der Waals surface area contributed by atoms with Crippen LogP contribution in [0.25, 0.3) is 0 Å². The van der Waals surface area contributed by atoms with E-state index in [1.54, 1.807) is 6.07 Å². The summed E-state index contributed by atoms with van der Waals surface area (Å²) in [6.07, 6.45) is 5.60. The van der Waals surface area contributed by atoms with Crippen LogP contribution in [-0.2, 0) is 6.42 Å². The lowest BCUT2D eigenvalue weighted by Crippen LogP contribution is -1.91. The van der Waals surface area contributed by atoms with Gasteiger partial charge in [0.15, 0.2) is 0 Å². The summed E-state index contributed by atoms with van der Waals surface area (Å²) in [7, 11) is 0. The topological polar surface area (TPSA) is 0 Å². The van der Waals surface area contributed by atoms with Gasteiger partial charge in [0.1, 0.15) is 5.82 Å². The zero-order chi connectivity index (χ0) is 10.4. The molecule has 0 spiro atoms. The third kappa shape index (κ3) is 3.41. The van der Waals surface area contributed by atoms with Gasteiger partial charge in [0, 0.05) is 0 Å². The third-order valence-corrected chi connectivity index (χ3v) is 2.94. The Kier molecular flexibility index (Phi) is 5.16. The molecule has 0 aliphatic carbocycles. The third-order valence-electron chi connectivity index (χ3n) is 2.33. The number of halogens is 2. The standard InChI is InChI=1S/C12H16BrF/c1-2-3-4-5-7-10-8-6-9-11(13)12(10)14/h6,8-9H,2-5,7H2,1H3. The number of aryl methyl sites for hydroxylation is 1. The van der Waals surface area contributed by atoms with Crippen LogP contribution in [0.3, 0.4) is 0 Å². The molecule has 0 aliphatic heterocycles. The first-order chi connectivity index (χ1) is 6.75. The molecule has 0 aliphatic rings. The molecule has 0 bridgehead atoms. The minimum atomic E-state index is -0.0935. The second-order valence-electron chi connectivity index (χ2n) is 3.52. The molecule has 1 rings (SSSR count). The predicted molar refractivity (Wildman–Crippen MR) is 61.9 cm³/mol. The zero-order valence-corrected chi connectivity index (χ0v) is 10.1. The van der Waals surface area contributed by atoms with E-state index < -0.39 is 0 Å². The molecule has 0 saturated heterocycles. The van der Waals surface area contributed by atoms with Crippen molar-refractivity contribution in [1.82, 2.24) is 0 Å². The van der Waals surface area contributed by atoms with E-state index in [9.17, 15) is 4.39 Å². The van der Waals surface area contributed by atoms with Crippen LogP contribution in [0.4, 0.5) is 4.39 Å². The summed E-state index contributed by atoms with van der Waals surface area (Å²) < 4.78 is 14.0. The molecule has 2 heteroatoms. The summed E-state index contributed by atoms with van der Waals surface area (Å²) >= 11 is 3.19. The van der Waals surface area contributed by atoms with Crippen LogP contribution < -0.4 is 0 Å². The van der Waals surface area contributed by atoms with Gasteiger partial charge in [0.05, 0.1) is 4.47 Å². The van der Waals surface area contributed by atoms with Crippen LogP contribution in [0, 0.1) is 5.82 Å². The minimum Gasteiger partial charge on any atom is -0.205 e. The van der Waals surface area contributed by atoms with Crippen molar-refractivity contribution in [2.75, 3.05) is 0 Å². The Morgan fingerprint density at radius 2 is 2.00 bits per heavy atom. The lowest BCUT2D eigenvalue weighted by atomic mass is 10.1. The van der Waals surface area contributed by atoms with Crippen molar-refractivity contribution in [3.8, 4) is 0 Å². The fourth-order valence-electron chi connectivity index (χ4n) is 1.48. The summed E-state index contributed by atoms with van der Waals surface area (Å²) in [4.78, 5) is 0. The van der Waals surface area contributed by atoms with Gasteiger partial charge in [-0.05, 0) is 40.4 Å². The number of benzene rings is 1. The monoisotopic (exact) mass is 258 g/mol. The number of rotatable bonds is 5. The molecule has 78 valence electrons. The quantitative estimate of drug-likeness (QED) is 0.671. The maximum absolute atomic E-state index is 13.5. The molecule has 0 nitrogen and oxygen atoms in total. The molecule has 1 aromatic carbocycles. The fraction of sp³-hybridized carbons (Fsp3) is 0.500. The van der Waals surface area contributed by atoms with E-state index >= 15 is 0 Å². The van der Waals surface area contributed by atoms with Gasteiger partial charge < -0.3 is 0 Å². The summed E-state index contributed by atoms with van der Waals surface area (Å²) in [5.41, 5.74) is 0.829. The Balaban J connectivity index is 2.46. The van der Waals surface area contributed by atoms with Crippen molar-refractivity contribution in [2.24, 2.45) is 0 Å². The van der Waals surface area contributed by atoms with Crippen molar-refractivity contribution in [3.05, 3.63) is 34.1 Å². The Morgan fingerprint density at radius 1 is 1.21 bits per heavy atom. The van der Waals surface area contributed by atoms with E-state index in [1.165, 1.54) is 19.3 Å². The highest BCUT2D eigenvalue weighted by molar-refractivity contribution is 9.10. The van der Waals surface area contributed by atoms with Gasteiger partial charge in [-0.15, -0.1) is 0 Å². The molecular formula is C12H16BrF. The Hall–Kier alpha value is -0.370. The van der Waals surface area contributed by atoms with Crippen LogP contribution in [0.1, 0.15) is 38.2 Å². The van der Waals surface area contributed by atoms with Crippen molar-refractivity contribution in [2.45, 2.75) is 39.0 Å². The van der Waals surface area contributed by atoms with Crippen LogP contribution in [0.15, 0.2) is 22.7 Å². The van der Waals surface area contributed by atoms with Crippen molar-refractivity contribution in [1.29, 1.82) is 0 Å². The van der Waals surface area contributed by atoms with Crippen molar-refractivity contribution < 1.29 is 4.39 Å². The predicted octanol–water partition coefficient (Wildman–Crippen LogP) is 4.71. The molecule has 0 aromatic heterocycles. The average Bonchev–Trinajstić information content (AvgIpc) is 2.19. The van der Waals surface area contributed by atoms with Gasteiger partial charge >= 0.3 is 0 Å². The van der Waals surface area contributed by atoms with Crippen LogP contribution in [0.5, 0.6) is 0 Å². The second-order valence-corrected chi connectivity index (χ2v) is 4.38. The van der Waals surface area contributed by atoms with E-state index in [0.29, 0.717) is 4.47 Å². The molecule has 0 radical (unpaired) electrons. The Morgan fingerprint density at radius 3 is 2.71 bits per heavy atom. The molecule has 0 heterocycles. The molecule has 0 unspecified atom stereocenters. The number of hydrogen-bond donors (Lipinski definition) is 0. The highest BCUT2D eigenvalue weighted by Gasteiger charge is 2.04. The van der Waals surface area contributed by atoms with Gasteiger partial charge in [-0.1, -0.05) is 38.3 Å². The summed E-state index contributed by atoms with van der Waals surface area (Å²) in [6, 6.07) is 5.50. The summed E-state index contributed by atoms with van der Waals surface area (Å²) in [6.45, 7) is 2.18. The number of hydrogen-bond acceptors (Lipinski definition) is 0. The largest absolute Gasteiger partial charge is 0.205 e. The lowest BCUT2D eigenvalue weighted by molar-refractivity contribution is 0.588. The van der Waals surface area contributed by atoms with Gasteiger partial charge in [-0.3, -0.25) is 0 Å². The highest BCUT2D eigenvalue weighted by atomic mass is 79.9. The fourth-order valence-corrected chi connectivity index (χ4v) is 1.89. The highest BCUT2D eigenvalue weighted by Crippen LogP contribution is 2.20. The van der Waals surface area contributed by atoms with Gasteiger partial charge in [-0.25, -0.2) is 4.39 Å². The van der Waals surface area contributed by atoms with E-state index in [-0.39, 0.29) is 5.82 Å². The van der Waals surface area contributed by atoms with Crippen LogP contribution in [0.2, 0.25) is 0 Å². The molecule has 14 heavy (non-hydrogen) atoms. The smallest absolute Gasteiger partial charge is 0.140 e. The summed E-state index contributed by atoms with van der Waals surface area (Å²) in [5, 5.41) is 0. The molecule has 0 saturated carbocycles. The van der Waals surface area contributed by atoms with Crippen molar-refractivity contribution >= 4 is 15.9 Å². The van der Waals surface area contributed by atoms with Gasteiger partial charge in [0.2, 0.25) is 0 Å². The Bertz CT molecular complexity index is 284. The molecule has 0 amide bonds. The second kappa shape index (κ2) is 6.18. The summed E-state index contributed by atoms with van der Waals surface area (Å²) in [5.74, 6) is -0.0935. The van der Waals surface area contributed by atoms with Crippen molar-refractivity contribution in [3.63, 3.8) is 0 Å². The van der Waals surface area contributed by atoms with Gasteiger partial charge in [-0.2, -0.15) is 0 Å².